The molecule has 3 fully saturated rings. The first kappa shape index (κ1) is 13.4. The van der Waals surface area contributed by atoms with Crippen LogP contribution in [0.2, 0.25) is 0 Å². The molecule has 1 amide bonds. The Hall–Kier alpha value is -0.610. The number of hydrogen-bond donors (Lipinski definition) is 3. The summed E-state index contributed by atoms with van der Waals surface area (Å²) in [4.78, 5) is 12.5. The maximum Gasteiger partial charge on any atom is 0.225 e. The predicted octanol–water partition coefficient (Wildman–Crippen LogP) is 1.29. The van der Waals surface area contributed by atoms with E-state index in [9.17, 15) is 4.79 Å². The van der Waals surface area contributed by atoms with Gasteiger partial charge >= 0.3 is 0 Å². The summed E-state index contributed by atoms with van der Waals surface area (Å²) in [5.41, 5.74) is 6.01. The van der Waals surface area contributed by atoms with E-state index in [1.165, 1.54) is 12.8 Å². The second-order valence-electron chi connectivity index (χ2n) is 7.12. The van der Waals surface area contributed by atoms with Gasteiger partial charge in [-0.3, -0.25) is 4.79 Å². The Bertz CT molecular complexity index is 343. The molecule has 2 aliphatic heterocycles. The van der Waals surface area contributed by atoms with Crippen molar-refractivity contribution in [3.8, 4) is 0 Å². The van der Waals surface area contributed by atoms with E-state index in [0.29, 0.717) is 18.1 Å². The monoisotopic (exact) mass is 265 g/mol. The number of hydrogen-bond acceptors (Lipinski definition) is 3. The minimum atomic E-state index is -0.311. The third kappa shape index (κ3) is 2.79. The molecule has 2 heterocycles. The maximum absolute atomic E-state index is 12.5. The number of piperidine rings is 1. The first-order valence-corrected chi connectivity index (χ1v) is 7.90. The molecule has 0 radical (unpaired) electrons. The second-order valence-corrected chi connectivity index (χ2v) is 7.12. The van der Waals surface area contributed by atoms with Gasteiger partial charge in [-0.15, -0.1) is 0 Å². The van der Waals surface area contributed by atoms with Gasteiger partial charge in [0.15, 0.2) is 0 Å². The molecular formula is C15H27N3O. The van der Waals surface area contributed by atoms with Gasteiger partial charge in [0.05, 0.1) is 5.92 Å². The minimum absolute atomic E-state index is 0.00814. The lowest BCUT2D eigenvalue weighted by molar-refractivity contribution is -0.129. The summed E-state index contributed by atoms with van der Waals surface area (Å²) in [5, 5.41) is 6.90. The van der Waals surface area contributed by atoms with Crippen LogP contribution in [0.5, 0.6) is 0 Å². The van der Waals surface area contributed by atoms with Crippen LogP contribution >= 0.6 is 0 Å². The normalized spacial score (nSPS) is 46.0. The van der Waals surface area contributed by atoms with Crippen molar-refractivity contribution in [1.82, 2.24) is 10.6 Å². The van der Waals surface area contributed by atoms with Crippen LogP contribution in [0, 0.1) is 5.92 Å². The number of fused-ring (bicyclic) bond motifs is 2. The SMILES string of the molecule is CC1(N)CCCCC1C(=O)NC1CC2CCC(C1)N2. The molecule has 4 heteroatoms. The summed E-state index contributed by atoms with van der Waals surface area (Å²) in [6.45, 7) is 2.04. The summed E-state index contributed by atoms with van der Waals surface area (Å²) in [6, 6.07) is 1.61. The van der Waals surface area contributed by atoms with E-state index in [2.05, 4.69) is 10.6 Å². The Morgan fingerprint density at radius 1 is 1.21 bits per heavy atom. The highest BCUT2D eigenvalue weighted by molar-refractivity contribution is 5.80. The van der Waals surface area contributed by atoms with Crippen molar-refractivity contribution in [1.29, 1.82) is 0 Å². The average molecular weight is 265 g/mol. The number of carbonyl (C=O) groups excluding carboxylic acids is 1. The molecule has 4 N–H and O–H groups in total. The summed E-state index contributed by atoms with van der Waals surface area (Å²) < 4.78 is 0. The minimum Gasteiger partial charge on any atom is -0.353 e. The van der Waals surface area contributed by atoms with Crippen LogP contribution in [-0.4, -0.2) is 29.6 Å². The molecule has 2 bridgehead atoms. The van der Waals surface area contributed by atoms with E-state index < -0.39 is 0 Å². The lowest BCUT2D eigenvalue weighted by Crippen LogP contribution is -2.56. The van der Waals surface area contributed by atoms with Gasteiger partial charge in [-0.25, -0.2) is 0 Å². The van der Waals surface area contributed by atoms with E-state index in [0.717, 1.165) is 38.5 Å². The Balaban J connectivity index is 1.58. The van der Waals surface area contributed by atoms with Gasteiger partial charge in [-0.2, -0.15) is 0 Å². The quantitative estimate of drug-likeness (QED) is 0.705. The first-order valence-electron chi connectivity index (χ1n) is 7.90. The van der Waals surface area contributed by atoms with E-state index in [-0.39, 0.29) is 17.4 Å². The molecule has 3 aliphatic rings. The van der Waals surface area contributed by atoms with E-state index in [1.807, 2.05) is 6.92 Å². The summed E-state index contributed by atoms with van der Waals surface area (Å²) >= 11 is 0. The van der Waals surface area contributed by atoms with Gasteiger partial charge in [0, 0.05) is 23.7 Å². The molecule has 0 aromatic heterocycles. The van der Waals surface area contributed by atoms with Crippen molar-refractivity contribution >= 4 is 5.91 Å². The lowest BCUT2D eigenvalue weighted by atomic mass is 9.74. The lowest BCUT2D eigenvalue weighted by Gasteiger charge is -2.39. The van der Waals surface area contributed by atoms with Gasteiger partial charge in [0.25, 0.3) is 0 Å². The smallest absolute Gasteiger partial charge is 0.225 e. The summed E-state index contributed by atoms with van der Waals surface area (Å²) in [6.07, 6.45) is 8.96. The molecule has 1 aliphatic carbocycles. The number of nitrogens with two attached hydrogens (primary N) is 1. The molecule has 4 unspecified atom stereocenters. The molecule has 1 saturated carbocycles. The van der Waals surface area contributed by atoms with Gasteiger partial charge in [0.1, 0.15) is 0 Å². The number of nitrogens with one attached hydrogen (secondary N) is 2. The van der Waals surface area contributed by atoms with Crippen LogP contribution in [0.1, 0.15) is 58.3 Å². The highest BCUT2D eigenvalue weighted by atomic mass is 16.2. The molecule has 3 rings (SSSR count). The van der Waals surface area contributed by atoms with Crippen LogP contribution in [0.4, 0.5) is 0 Å². The molecular weight excluding hydrogens is 238 g/mol. The van der Waals surface area contributed by atoms with Gasteiger partial charge in [-0.05, 0) is 45.4 Å². The molecule has 0 spiro atoms. The van der Waals surface area contributed by atoms with Crippen LogP contribution in [-0.2, 0) is 4.79 Å². The molecule has 0 aromatic rings. The largest absolute Gasteiger partial charge is 0.353 e. The Morgan fingerprint density at radius 2 is 1.89 bits per heavy atom. The molecule has 0 aromatic carbocycles. The van der Waals surface area contributed by atoms with E-state index in [4.69, 9.17) is 5.73 Å². The van der Waals surface area contributed by atoms with Gasteiger partial charge in [0.2, 0.25) is 5.91 Å². The van der Waals surface area contributed by atoms with Crippen LogP contribution in [0.15, 0.2) is 0 Å². The Morgan fingerprint density at radius 3 is 2.53 bits per heavy atom. The molecule has 19 heavy (non-hydrogen) atoms. The molecule has 4 atom stereocenters. The molecule has 108 valence electrons. The Kier molecular flexibility index (Phi) is 3.56. The highest BCUT2D eigenvalue weighted by Crippen LogP contribution is 2.32. The van der Waals surface area contributed by atoms with Gasteiger partial charge < -0.3 is 16.4 Å². The number of amides is 1. The van der Waals surface area contributed by atoms with E-state index >= 15 is 0 Å². The van der Waals surface area contributed by atoms with Crippen molar-refractivity contribution in [2.75, 3.05) is 0 Å². The fourth-order valence-corrected chi connectivity index (χ4v) is 4.27. The average Bonchev–Trinajstić information content (AvgIpc) is 2.68. The zero-order chi connectivity index (χ0) is 13.5. The summed E-state index contributed by atoms with van der Waals surface area (Å²) in [7, 11) is 0. The highest BCUT2D eigenvalue weighted by Gasteiger charge is 2.40. The van der Waals surface area contributed by atoms with Crippen molar-refractivity contribution in [2.45, 2.75) is 82.0 Å². The fourth-order valence-electron chi connectivity index (χ4n) is 4.27. The first-order chi connectivity index (χ1) is 9.04. The zero-order valence-corrected chi connectivity index (χ0v) is 12.0. The molecule has 2 saturated heterocycles. The molecule has 4 nitrogen and oxygen atoms in total. The Labute approximate surface area is 115 Å². The van der Waals surface area contributed by atoms with Crippen molar-refractivity contribution < 1.29 is 4.79 Å². The van der Waals surface area contributed by atoms with Crippen molar-refractivity contribution in [3.63, 3.8) is 0 Å². The third-order valence-corrected chi connectivity index (χ3v) is 5.39. The third-order valence-electron chi connectivity index (χ3n) is 5.39. The summed E-state index contributed by atoms with van der Waals surface area (Å²) in [5.74, 6) is 0.213. The number of rotatable bonds is 2. The predicted molar refractivity (Wildman–Crippen MR) is 75.7 cm³/mol. The van der Waals surface area contributed by atoms with Crippen molar-refractivity contribution in [2.24, 2.45) is 11.7 Å². The number of carbonyl (C=O) groups is 1. The zero-order valence-electron chi connectivity index (χ0n) is 12.0. The van der Waals surface area contributed by atoms with Crippen LogP contribution < -0.4 is 16.4 Å². The van der Waals surface area contributed by atoms with Crippen LogP contribution in [0.3, 0.4) is 0 Å². The van der Waals surface area contributed by atoms with Gasteiger partial charge in [-0.1, -0.05) is 12.8 Å². The standard InChI is InChI=1S/C15H27N3O/c1-15(16)7-3-2-4-13(15)14(19)18-12-8-10-5-6-11(9-12)17-10/h10-13,17H,2-9,16H2,1H3,(H,18,19). The topological polar surface area (TPSA) is 67.2 Å². The maximum atomic E-state index is 12.5. The van der Waals surface area contributed by atoms with E-state index in [1.54, 1.807) is 0 Å². The second kappa shape index (κ2) is 5.06. The van der Waals surface area contributed by atoms with Crippen molar-refractivity contribution in [3.05, 3.63) is 0 Å². The van der Waals surface area contributed by atoms with Crippen LogP contribution in [0.25, 0.3) is 0 Å². The fraction of sp³-hybridized carbons (Fsp3) is 0.933.